The Bertz CT molecular complexity index is 587. The highest BCUT2D eigenvalue weighted by molar-refractivity contribution is 5.87. The highest BCUT2D eigenvalue weighted by Crippen LogP contribution is 2.14. The second-order valence-electron chi connectivity index (χ2n) is 4.91. The van der Waals surface area contributed by atoms with Gasteiger partial charge in [0.2, 0.25) is 5.91 Å². The van der Waals surface area contributed by atoms with Gasteiger partial charge in [-0.05, 0) is 19.7 Å². The molecule has 2 rings (SSSR count). The molecule has 0 aliphatic heterocycles. The monoisotopic (exact) mass is 285 g/mol. The third kappa shape index (κ3) is 4.85. The molecule has 1 heterocycles. The Labute approximate surface area is 123 Å². The zero-order chi connectivity index (χ0) is 15.1. The molecule has 0 radical (unpaired) electrons. The molecule has 1 aromatic carbocycles. The number of aromatic amines is 1. The molecule has 1 aromatic heterocycles. The highest BCUT2D eigenvalue weighted by Gasteiger charge is 2.01. The normalized spacial score (nSPS) is 11.2. The first-order valence-electron chi connectivity index (χ1n) is 6.69. The number of benzene rings is 1. The summed E-state index contributed by atoms with van der Waals surface area (Å²) in [4.78, 5) is 17.7. The number of amides is 1. The van der Waals surface area contributed by atoms with Gasteiger partial charge in [-0.25, -0.2) is 4.98 Å². The van der Waals surface area contributed by atoms with Crippen molar-refractivity contribution in [2.75, 3.05) is 20.6 Å². The first kappa shape index (κ1) is 14.9. The van der Waals surface area contributed by atoms with Crippen LogP contribution in [-0.4, -0.2) is 46.6 Å². The summed E-state index contributed by atoms with van der Waals surface area (Å²) in [7, 11) is 3.91. The number of carbonyl (C=O) groups is 1. The molecule has 6 heteroatoms. The standard InChI is InChI=1S/C15H19N5O/c1-20(2)9-3-4-14(21)16-10-12-5-7-13(8-6-12)15-17-11-18-19-15/h3-8,11H,9-10H2,1-2H3,(H,16,21)(H,17,18,19)/b4-3+. The van der Waals surface area contributed by atoms with E-state index in [1.54, 1.807) is 6.08 Å². The van der Waals surface area contributed by atoms with Crippen LogP contribution in [0, 0.1) is 0 Å². The van der Waals surface area contributed by atoms with Crippen LogP contribution in [0.15, 0.2) is 42.7 Å². The predicted molar refractivity (Wildman–Crippen MR) is 81.4 cm³/mol. The maximum Gasteiger partial charge on any atom is 0.243 e. The van der Waals surface area contributed by atoms with Crippen molar-refractivity contribution >= 4 is 5.91 Å². The molecule has 0 aliphatic carbocycles. The van der Waals surface area contributed by atoms with Crippen LogP contribution in [0.1, 0.15) is 5.56 Å². The van der Waals surface area contributed by atoms with Crippen molar-refractivity contribution < 1.29 is 4.79 Å². The van der Waals surface area contributed by atoms with E-state index >= 15 is 0 Å². The van der Waals surface area contributed by atoms with Gasteiger partial charge in [0.25, 0.3) is 0 Å². The topological polar surface area (TPSA) is 73.9 Å². The summed E-state index contributed by atoms with van der Waals surface area (Å²) in [5, 5.41) is 9.48. The van der Waals surface area contributed by atoms with Crippen LogP contribution in [0.2, 0.25) is 0 Å². The van der Waals surface area contributed by atoms with E-state index in [1.807, 2.05) is 49.3 Å². The average Bonchev–Trinajstić information content (AvgIpc) is 2.99. The van der Waals surface area contributed by atoms with Crippen LogP contribution < -0.4 is 5.32 Å². The second-order valence-corrected chi connectivity index (χ2v) is 4.91. The van der Waals surface area contributed by atoms with Crippen molar-refractivity contribution in [3.63, 3.8) is 0 Å². The van der Waals surface area contributed by atoms with E-state index in [2.05, 4.69) is 20.5 Å². The lowest BCUT2D eigenvalue weighted by Crippen LogP contribution is -2.21. The quantitative estimate of drug-likeness (QED) is 0.782. The third-order valence-electron chi connectivity index (χ3n) is 2.85. The molecule has 0 saturated heterocycles. The molecule has 0 aliphatic rings. The first-order valence-corrected chi connectivity index (χ1v) is 6.69. The first-order chi connectivity index (χ1) is 10.1. The second kappa shape index (κ2) is 7.35. The van der Waals surface area contributed by atoms with Gasteiger partial charge in [0, 0.05) is 24.7 Å². The van der Waals surface area contributed by atoms with Crippen molar-refractivity contribution in [3.05, 3.63) is 48.3 Å². The van der Waals surface area contributed by atoms with E-state index < -0.39 is 0 Å². The summed E-state index contributed by atoms with van der Waals surface area (Å²) >= 11 is 0. The summed E-state index contributed by atoms with van der Waals surface area (Å²) in [6, 6.07) is 7.82. The van der Waals surface area contributed by atoms with Gasteiger partial charge in [0.15, 0.2) is 5.82 Å². The lowest BCUT2D eigenvalue weighted by Gasteiger charge is -2.05. The zero-order valence-corrected chi connectivity index (χ0v) is 12.2. The number of hydrogen-bond acceptors (Lipinski definition) is 4. The van der Waals surface area contributed by atoms with Gasteiger partial charge >= 0.3 is 0 Å². The van der Waals surface area contributed by atoms with Crippen LogP contribution >= 0.6 is 0 Å². The van der Waals surface area contributed by atoms with Gasteiger partial charge in [-0.3, -0.25) is 9.89 Å². The van der Waals surface area contributed by atoms with E-state index in [-0.39, 0.29) is 5.91 Å². The number of rotatable bonds is 6. The number of nitrogens with one attached hydrogen (secondary N) is 2. The van der Waals surface area contributed by atoms with E-state index in [1.165, 1.54) is 6.33 Å². The average molecular weight is 285 g/mol. The molecule has 1 amide bonds. The zero-order valence-electron chi connectivity index (χ0n) is 12.2. The number of likely N-dealkylation sites (N-methyl/N-ethyl adjacent to an activating group) is 1. The van der Waals surface area contributed by atoms with Gasteiger partial charge in [0.1, 0.15) is 6.33 Å². The minimum atomic E-state index is -0.0869. The van der Waals surface area contributed by atoms with E-state index in [0.717, 1.165) is 23.5 Å². The van der Waals surface area contributed by atoms with Crippen molar-refractivity contribution in [1.29, 1.82) is 0 Å². The van der Waals surface area contributed by atoms with Gasteiger partial charge in [-0.15, -0.1) is 0 Å². The molecule has 110 valence electrons. The molecule has 0 saturated carbocycles. The molecular formula is C15H19N5O. The summed E-state index contributed by atoms with van der Waals surface area (Å²) < 4.78 is 0. The minimum Gasteiger partial charge on any atom is -0.348 e. The lowest BCUT2D eigenvalue weighted by atomic mass is 10.1. The summed E-state index contributed by atoms with van der Waals surface area (Å²) in [6.45, 7) is 1.25. The molecule has 21 heavy (non-hydrogen) atoms. The number of aromatic nitrogens is 3. The minimum absolute atomic E-state index is 0.0869. The van der Waals surface area contributed by atoms with Crippen molar-refractivity contribution in [2.45, 2.75) is 6.54 Å². The molecule has 0 atom stereocenters. The van der Waals surface area contributed by atoms with Crippen LogP contribution in [-0.2, 0) is 11.3 Å². The SMILES string of the molecule is CN(C)C/C=C/C(=O)NCc1ccc(-c2ncn[nH]2)cc1. The van der Waals surface area contributed by atoms with Crippen molar-refractivity contribution in [1.82, 2.24) is 25.4 Å². The molecule has 2 N–H and O–H groups in total. The molecule has 0 unspecified atom stereocenters. The van der Waals surface area contributed by atoms with Gasteiger partial charge in [-0.2, -0.15) is 5.10 Å². The Morgan fingerprint density at radius 3 is 2.71 bits per heavy atom. The number of H-pyrrole nitrogens is 1. The third-order valence-corrected chi connectivity index (χ3v) is 2.85. The van der Waals surface area contributed by atoms with Crippen LogP contribution in [0.3, 0.4) is 0 Å². The highest BCUT2D eigenvalue weighted by atomic mass is 16.1. The van der Waals surface area contributed by atoms with E-state index in [4.69, 9.17) is 0 Å². The smallest absolute Gasteiger partial charge is 0.243 e. The van der Waals surface area contributed by atoms with Crippen molar-refractivity contribution in [2.24, 2.45) is 0 Å². The fraction of sp³-hybridized carbons (Fsp3) is 0.267. The van der Waals surface area contributed by atoms with Crippen LogP contribution in [0.25, 0.3) is 11.4 Å². The summed E-state index contributed by atoms with van der Waals surface area (Å²) in [5.74, 6) is 0.647. The maximum absolute atomic E-state index is 11.6. The van der Waals surface area contributed by atoms with Crippen LogP contribution in [0.5, 0.6) is 0 Å². The summed E-state index contributed by atoms with van der Waals surface area (Å²) in [6.07, 6.45) is 4.87. The number of hydrogen-bond donors (Lipinski definition) is 2. The molecule has 6 nitrogen and oxygen atoms in total. The predicted octanol–water partition coefficient (Wildman–Crippen LogP) is 1.21. The van der Waals surface area contributed by atoms with Gasteiger partial charge < -0.3 is 10.2 Å². The molecule has 0 fully saturated rings. The van der Waals surface area contributed by atoms with Crippen molar-refractivity contribution in [3.8, 4) is 11.4 Å². The number of carbonyl (C=O) groups excluding carboxylic acids is 1. The maximum atomic E-state index is 11.6. The summed E-state index contributed by atoms with van der Waals surface area (Å²) in [5.41, 5.74) is 2.00. The van der Waals surface area contributed by atoms with Gasteiger partial charge in [-0.1, -0.05) is 30.3 Å². The largest absolute Gasteiger partial charge is 0.348 e. The van der Waals surface area contributed by atoms with E-state index in [0.29, 0.717) is 6.54 Å². The fourth-order valence-electron chi connectivity index (χ4n) is 1.74. The Balaban J connectivity index is 1.84. The Morgan fingerprint density at radius 1 is 1.33 bits per heavy atom. The Morgan fingerprint density at radius 2 is 2.10 bits per heavy atom. The van der Waals surface area contributed by atoms with Gasteiger partial charge in [0.05, 0.1) is 0 Å². The molecule has 0 bridgehead atoms. The van der Waals surface area contributed by atoms with Crippen LogP contribution in [0.4, 0.5) is 0 Å². The molecule has 0 spiro atoms. The Kier molecular flexibility index (Phi) is 5.22. The number of nitrogens with zero attached hydrogens (tertiary/aromatic N) is 3. The lowest BCUT2D eigenvalue weighted by molar-refractivity contribution is -0.116. The van der Waals surface area contributed by atoms with E-state index in [9.17, 15) is 4.79 Å². The molecular weight excluding hydrogens is 266 g/mol. The molecule has 2 aromatic rings. The fourth-order valence-corrected chi connectivity index (χ4v) is 1.74. The Hall–Kier alpha value is -2.47.